The summed E-state index contributed by atoms with van der Waals surface area (Å²) in [5.41, 5.74) is 2.87. The van der Waals surface area contributed by atoms with Crippen LogP contribution in [0.5, 0.6) is 5.75 Å². The van der Waals surface area contributed by atoms with Crippen molar-refractivity contribution in [3.8, 4) is 28.8 Å². The third kappa shape index (κ3) is 4.78. The number of fused-ring (bicyclic) bond motifs is 1. The molecule has 5 heterocycles. The van der Waals surface area contributed by atoms with Crippen LogP contribution >= 0.6 is 0 Å². The quantitative estimate of drug-likeness (QED) is 0.323. The topological polar surface area (TPSA) is 117 Å². The number of nitrogens with zero attached hydrogens (tertiary/aromatic N) is 8. The van der Waals surface area contributed by atoms with Crippen molar-refractivity contribution in [1.82, 2.24) is 29.4 Å². The maximum absolute atomic E-state index is 13.3. The second-order valence-corrected chi connectivity index (χ2v) is 9.81. The molecule has 1 saturated carbocycles. The van der Waals surface area contributed by atoms with Gasteiger partial charge >= 0.3 is 0 Å². The number of aromatic nitrogens is 6. The Bertz CT molecular complexity index is 1680. The summed E-state index contributed by atoms with van der Waals surface area (Å²) in [6, 6.07) is 11.6. The lowest BCUT2D eigenvalue weighted by atomic mass is 10.0. The summed E-state index contributed by atoms with van der Waals surface area (Å²) >= 11 is 0. The molecular weight excluding hydrogens is 499 g/mol. The summed E-state index contributed by atoms with van der Waals surface area (Å²) < 4.78 is 22.2. The normalized spacial score (nSPS) is 14.6. The van der Waals surface area contributed by atoms with E-state index >= 15 is 0 Å². The van der Waals surface area contributed by atoms with Crippen LogP contribution in [0.15, 0.2) is 67.5 Å². The van der Waals surface area contributed by atoms with Gasteiger partial charge < -0.3 is 14.7 Å². The van der Waals surface area contributed by atoms with E-state index in [9.17, 15) is 14.8 Å². The van der Waals surface area contributed by atoms with Crippen LogP contribution in [0, 0.1) is 17.1 Å². The lowest BCUT2D eigenvalue weighted by molar-refractivity contribution is 0.0854. The van der Waals surface area contributed by atoms with Crippen LogP contribution in [-0.2, 0) is 0 Å². The SMILES string of the molecule is C[C@@H](c1ccc(-n2cc(F)cn2)nc1)N(C)c1ccc(-c2cc(OCC3(O)CC3)cn3ncc(C#N)c23)cn1. The smallest absolute Gasteiger partial charge is 0.161 e. The van der Waals surface area contributed by atoms with Crippen molar-refractivity contribution in [3.05, 3.63) is 84.5 Å². The van der Waals surface area contributed by atoms with Gasteiger partial charge in [-0.05, 0) is 49.6 Å². The van der Waals surface area contributed by atoms with Gasteiger partial charge in [0.15, 0.2) is 11.6 Å². The van der Waals surface area contributed by atoms with Gasteiger partial charge in [0.2, 0.25) is 0 Å². The van der Waals surface area contributed by atoms with E-state index in [4.69, 9.17) is 9.72 Å². The molecule has 11 heteroatoms. The summed E-state index contributed by atoms with van der Waals surface area (Å²) in [5.74, 6) is 1.41. The molecule has 5 aromatic rings. The molecule has 39 heavy (non-hydrogen) atoms. The molecule has 6 rings (SSSR count). The van der Waals surface area contributed by atoms with E-state index in [1.165, 1.54) is 17.1 Å². The summed E-state index contributed by atoms with van der Waals surface area (Å²) in [5, 5.41) is 28.1. The molecule has 0 bridgehead atoms. The number of halogens is 1. The zero-order valence-electron chi connectivity index (χ0n) is 21.4. The first-order chi connectivity index (χ1) is 18.8. The molecule has 0 aliphatic heterocycles. The van der Waals surface area contributed by atoms with Gasteiger partial charge in [0, 0.05) is 30.6 Å². The summed E-state index contributed by atoms with van der Waals surface area (Å²) in [7, 11) is 1.95. The average Bonchev–Trinajstić information content (AvgIpc) is 3.32. The lowest BCUT2D eigenvalue weighted by Crippen LogP contribution is -2.22. The van der Waals surface area contributed by atoms with Gasteiger partial charge in [0.1, 0.15) is 24.2 Å². The van der Waals surface area contributed by atoms with Crippen molar-refractivity contribution in [1.29, 1.82) is 5.26 Å². The minimum atomic E-state index is -0.755. The second-order valence-electron chi connectivity index (χ2n) is 9.81. The highest BCUT2D eigenvalue weighted by atomic mass is 19.1. The minimum Gasteiger partial charge on any atom is -0.489 e. The predicted molar refractivity (Wildman–Crippen MR) is 141 cm³/mol. The van der Waals surface area contributed by atoms with Crippen molar-refractivity contribution >= 4 is 11.3 Å². The Morgan fingerprint density at radius 1 is 1.13 bits per heavy atom. The van der Waals surface area contributed by atoms with Crippen LogP contribution < -0.4 is 9.64 Å². The Balaban J connectivity index is 1.25. The second kappa shape index (κ2) is 9.49. The highest BCUT2D eigenvalue weighted by Gasteiger charge is 2.41. The zero-order valence-corrected chi connectivity index (χ0v) is 21.4. The van der Waals surface area contributed by atoms with Crippen LogP contribution in [0.1, 0.15) is 36.9 Å². The maximum atomic E-state index is 13.3. The molecule has 10 nitrogen and oxygen atoms in total. The highest BCUT2D eigenvalue weighted by molar-refractivity contribution is 5.85. The number of anilines is 1. The van der Waals surface area contributed by atoms with Crippen LogP contribution in [0.3, 0.4) is 0 Å². The molecule has 0 spiro atoms. The Morgan fingerprint density at radius 2 is 1.97 bits per heavy atom. The van der Waals surface area contributed by atoms with Crippen molar-refractivity contribution in [2.24, 2.45) is 0 Å². The number of rotatable bonds is 8. The van der Waals surface area contributed by atoms with E-state index in [2.05, 4.69) is 21.3 Å². The first-order valence-electron chi connectivity index (χ1n) is 12.5. The Labute approximate surface area is 223 Å². The third-order valence-electron chi connectivity index (χ3n) is 7.08. The molecule has 1 aliphatic carbocycles. The molecule has 1 N–H and O–H groups in total. The molecule has 1 aliphatic rings. The zero-order chi connectivity index (χ0) is 27.1. The van der Waals surface area contributed by atoms with E-state index < -0.39 is 11.4 Å². The summed E-state index contributed by atoms with van der Waals surface area (Å²) in [6.07, 6.45) is 10.6. The van der Waals surface area contributed by atoms with Crippen LogP contribution in [-0.4, -0.2) is 53.7 Å². The predicted octanol–water partition coefficient (Wildman–Crippen LogP) is 4.09. The Morgan fingerprint density at radius 3 is 2.62 bits per heavy atom. The van der Waals surface area contributed by atoms with Crippen molar-refractivity contribution in [2.45, 2.75) is 31.4 Å². The van der Waals surface area contributed by atoms with Gasteiger partial charge in [0.25, 0.3) is 0 Å². The Hall–Kier alpha value is -4.82. The van der Waals surface area contributed by atoms with Gasteiger partial charge in [-0.15, -0.1) is 0 Å². The molecule has 0 aromatic carbocycles. The fraction of sp³-hybridized carbons (Fsp3) is 0.250. The molecule has 5 aromatic heterocycles. The van der Waals surface area contributed by atoms with Gasteiger partial charge in [-0.2, -0.15) is 15.5 Å². The van der Waals surface area contributed by atoms with E-state index in [1.54, 1.807) is 29.2 Å². The lowest BCUT2D eigenvalue weighted by Gasteiger charge is -2.26. The van der Waals surface area contributed by atoms with Gasteiger partial charge in [-0.3, -0.25) is 0 Å². The molecule has 196 valence electrons. The van der Waals surface area contributed by atoms with E-state index in [0.717, 1.165) is 41.5 Å². The van der Waals surface area contributed by atoms with Crippen LogP contribution in [0.25, 0.3) is 22.5 Å². The minimum absolute atomic E-state index is 0.0454. The van der Waals surface area contributed by atoms with Crippen LogP contribution in [0.4, 0.5) is 10.2 Å². The van der Waals surface area contributed by atoms with Crippen molar-refractivity contribution in [3.63, 3.8) is 0 Å². The first-order valence-corrected chi connectivity index (χ1v) is 12.5. The standard InChI is InChI=1S/C28H25FN8O2/c1-18(19-3-6-26(32-11-19)36-15-22(29)14-34-36)35(2)25-5-4-20(12-31-25)24-9-23(39-17-28(38)7-8-28)16-37-27(24)21(10-30)13-33-37/h3-6,9,11-16,18,38H,7-8,17H2,1-2H3/t18-/m0/s1. The maximum Gasteiger partial charge on any atom is 0.161 e. The Kier molecular flexibility index (Phi) is 5.96. The average molecular weight is 525 g/mol. The third-order valence-corrected chi connectivity index (χ3v) is 7.08. The monoisotopic (exact) mass is 524 g/mol. The summed E-state index contributed by atoms with van der Waals surface area (Å²) in [4.78, 5) is 11.1. The van der Waals surface area contributed by atoms with Gasteiger partial charge in [-0.1, -0.05) is 6.07 Å². The highest BCUT2D eigenvalue weighted by Crippen LogP contribution is 2.37. The molecule has 1 fully saturated rings. The number of pyridine rings is 3. The van der Waals surface area contributed by atoms with Gasteiger partial charge in [0.05, 0.1) is 47.5 Å². The number of ether oxygens (including phenoxy) is 1. The molecule has 0 unspecified atom stereocenters. The van der Waals surface area contributed by atoms with Gasteiger partial charge in [-0.25, -0.2) is 23.6 Å². The molecule has 0 amide bonds. The number of hydrogen-bond donors (Lipinski definition) is 1. The fourth-order valence-electron chi connectivity index (χ4n) is 4.37. The van der Waals surface area contributed by atoms with E-state index in [-0.39, 0.29) is 12.6 Å². The number of nitriles is 1. The van der Waals surface area contributed by atoms with E-state index in [1.807, 2.05) is 43.1 Å². The first kappa shape index (κ1) is 24.5. The van der Waals surface area contributed by atoms with Crippen molar-refractivity contribution < 1.29 is 14.2 Å². The summed E-state index contributed by atoms with van der Waals surface area (Å²) in [6.45, 7) is 2.25. The van der Waals surface area contributed by atoms with E-state index in [0.29, 0.717) is 22.6 Å². The van der Waals surface area contributed by atoms with Crippen LogP contribution in [0.2, 0.25) is 0 Å². The molecule has 0 saturated heterocycles. The number of hydrogen-bond acceptors (Lipinski definition) is 8. The molecule has 1 atom stereocenters. The van der Waals surface area contributed by atoms with Crippen molar-refractivity contribution in [2.75, 3.05) is 18.6 Å². The molecule has 0 radical (unpaired) electrons. The fourth-order valence-corrected chi connectivity index (χ4v) is 4.37. The molecular formula is C28H25FN8O2. The number of aliphatic hydroxyl groups is 1. The largest absolute Gasteiger partial charge is 0.489 e.